The van der Waals surface area contributed by atoms with E-state index >= 15 is 0 Å². The van der Waals surface area contributed by atoms with Crippen LogP contribution < -0.4 is 10.1 Å². The zero-order chi connectivity index (χ0) is 23.4. The first-order valence-electron chi connectivity index (χ1n) is 10.3. The summed E-state index contributed by atoms with van der Waals surface area (Å²) in [6.07, 6.45) is 5.05. The summed E-state index contributed by atoms with van der Waals surface area (Å²) in [5, 5.41) is 14.9. The van der Waals surface area contributed by atoms with E-state index in [4.69, 9.17) is 4.74 Å². The molecule has 1 N–H and O–H groups in total. The van der Waals surface area contributed by atoms with Gasteiger partial charge in [0.2, 0.25) is 0 Å². The average molecular weight is 456 g/mol. The first-order valence-corrected chi connectivity index (χ1v) is 11.1. The Balaban J connectivity index is 1.70. The van der Waals surface area contributed by atoms with Crippen LogP contribution >= 0.6 is 11.3 Å². The number of benzene rings is 2. The van der Waals surface area contributed by atoms with Crippen molar-refractivity contribution in [1.82, 2.24) is 20.3 Å². The third-order valence-electron chi connectivity index (χ3n) is 5.04. The van der Waals surface area contributed by atoms with Crippen molar-refractivity contribution >= 4 is 17.2 Å². The molecule has 164 valence electrons. The van der Waals surface area contributed by atoms with Gasteiger partial charge in [-0.25, -0.2) is 15.0 Å². The van der Waals surface area contributed by atoms with Crippen molar-refractivity contribution in [2.45, 2.75) is 26.8 Å². The van der Waals surface area contributed by atoms with Crippen molar-refractivity contribution in [1.29, 1.82) is 5.26 Å². The van der Waals surface area contributed by atoms with Gasteiger partial charge >= 0.3 is 0 Å². The Kier molecular flexibility index (Phi) is 6.43. The molecule has 7 nitrogen and oxygen atoms in total. The van der Waals surface area contributed by atoms with Gasteiger partial charge in [-0.1, -0.05) is 23.5 Å². The SMILES string of the molecule is Cc1ccc(-c2cc(Oc3nccs3)cc(C(=O)N[C@H](C)c3cnc(C)nc3)c2)c(C#N)c1. The topological polar surface area (TPSA) is 101 Å². The maximum absolute atomic E-state index is 13.2. The van der Waals surface area contributed by atoms with E-state index in [0.717, 1.165) is 16.7 Å². The fourth-order valence-corrected chi connectivity index (χ4v) is 3.80. The third kappa shape index (κ3) is 5.22. The Morgan fingerprint density at radius 2 is 1.91 bits per heavy atom. The molecule has 0 aliphatic rings. The van der Waals surface area contributed by atoms with Crippen molar-refractivity contribution in [3.8, 4) is 28.1 Å². The van der Waals surface area contributed by atoms with E-state index in [1.165, 1.54) is 11.3 Å². The fraction of sp³-hybridized carbons (Fsp3) is 0.160. The highest BCUT2D eigenvalue weighted by atomic mass is 32.1. The summed E-state index contributed by atoms with van der Waals surface area (Å²) in [6.45, 7) is 5.61. The Hall–Kier alpha value is -4.09. The number of aromatic nitrogens is 3. The zero-order valence-electron chi connectivity index (χ0n) is 18.4. The molecule has 0 aliphatic carbocycles. The van der Waals surface area contributed by atoms with Crippen molar-refractivity contribution in [3.63, 3.8) is 0 Å². The molecule has 2 aromatic carbocycles. The van der Waals surface area contributed by atoms with E-state index in [0.29, 0.717) is 33.5 Å². The molecule has 0 bridgehead atoms. The lowest BCUT2D eigenvalue weighted by Gasteiger charge is -2.15. The summed E-state index contributed by atoms with van der Waals surface area (Å²) in [7, 11) is 0. The second-order valence-corrected chi connectivity index (χ2v) is 8.42. The molecule has 0 spiro atoms. The molecular formula is C25H21N5O2S. The van der Waals surface area contributed by atoms with Gasteiger partial charge in [-0.05, 0) is 61.7 Å². The molecule has 0 fully saturated rings. The van der Waals surface area contributed by atoms with Crippen LogP contribution in [0.4, 0.5) is 0 Å². The molecule has 1 amide bonds. The second kappa shape index (κ2) is 9.59. The largest absolute Gasteiger partial charge is 0.431 e. The van der Waals surface area contributed by atoms with Crippen LogP contribution in [0.1, 0.15) is 45.8 Å². The number of hydrogen-bond acceptors (Lipinski definition) is 7. The number of aryl methyl sites for hydroxylation is 2. The van der Waals surface area contributed by atoms with E-state index < -0.39 is 0 Å². The van der Waals surface area contributed by atoms with Crippen LogP contribution in [0.15, 0.2) is 60.4 Å². The number of rotatable bonds is 6. The smallest absolute Gasteiger partial charge is 0.278 e. The van der Waals surface area contributed by atoms with Crippen LogP contribution in [0, 0.1) is 25.2 Å². The van der Waals surface area contributed by atoms with Crippen molar-refractivity contribution < 1.29 is 9.53 Å². The average Bonchev–Trinajstić information content (AvgIpc) is 3.32. The summed E-state index contributed by atoms with van der Waals surface area (Å²) in [6, 6.07) is 12.8. The number of nitriles is 1. The maximum atomic E-state index is 13.2. The molecule has 0 saturated carbocycles. The first kappa shape index (κ1) is 22.1. The van der Waals surface area contributed by atoms with Gasteiger partial charge in [0.1, 0.15) is 11.6 Å². The predicted molar refractivity (Wildman–Crippen MR) is 126 cm³/mol. The van der Waals surface area contributed by atoms with Gasteiger partial charge < -0.3 is 10.1 Å². The van der Waals surface area contributed by atoms with Gasteiger partial charge in [0.25, 0.3) is 11.1 Å². The fourth-order valence-electron chi connectivity index (χ4n) is 3.30. The Morgan fingerprint density at radius 1 is 1.12 bits per heavy atom. The number of nitrogens with one attached hydrogen (secondary N) is 1. The lowest BCUT2D eigenvalue weighted by Crippen LogP contribution is -2.27. The normalized spacial score (nSPS) is 11.5. The summed E-state index contributed by atoms with van der Waals surface area (Å²) >= 11 is 1.35. The molecule has 0 radical (unpaired) electrons. The monoisotopic (exact) mass is 455 g/mol. The van der Waals surface area contributed by atoms with Crippen LogP contribution in [0.3, 0.4) is 0 Å². The number of hydrogen-bond donors (Lipinski definition) is 1. The van der Waals surface area contributed by atoms with Crippen molar-refractivity contribution in [2.75, 3.05) is 0 Å². The summed E-state index contributed by atoms with van der Waals surface area (Å²) in [5.74, 6) is 0.850. The lowest BCUT2D eigenvalue weighted by atomic mass is 9.96. The molecular weight excluding hydrogens is 434 g/mol. The minimum atomic E-state index is -0.292. The van der Waals surface area contributed by atoms with Gasteiger partial charge in [0, 0.05) is 35.1 Å². The summed E-state index contributed by atoms with van der Waals surface area (Å²) < 4.78 is 5.90. The molecule has 8 heteroatoms. The van der Waals surface area contributed by atoms with Gasteiger partial charge in [-0.15, -0.1) is 0 Å². The quantitative estimate of drug-likeness (QED) is 0.419. The van der Waals surface area contributed by atoms with Crippen LogP contribution in [-0.2, 0) is 0 Å². The number of carbonyl (C=O) groups excluding carboxylic acids is 1. The van der Waals surface area contributed by atoms with Gasteiger partial charge in [-0.2, -0.15) is 5.26 Å². The van der Waals surface area contributed by atoms with Crippen LogP contribution in [0.5, 0.6) is 10.9 Å². The second-order valence-electron chi connectivity index (χ2n) is 7.57. The molecule has 0 unspecified atom stereocenters. The molecule has 4 rings (SSSR count). The minimum absolute atomic E-state index is 0.278. The zero-order valence-corrected chi connectivity index (χ0v) is 19.2. The first-order chi connectivity index (χ1) is 15.9. The highest BCUT2D eigenvalue weighted by Gasteiger charge is 2.17. The molecule has 33 heavy (non-hydrogen) atoms. The van der Waals surface area contributed by atoms with Crippen molar-refractivity contribution in [3.05, 3.63) is 88.4 Å². The van der Waals surface area contributed by atoms with Crippen molar-refractivity contribution in [2.24, 2.45) is 0 Å². The maximum Gasteiger partial charge on any atom is 0.278 e. The minimum Gasteiger partial charge on any atom is -0.431 e. The lowest BCUT2D eigenvalue weighted by molar-refractivity contribution is 0.0939. The summed E-state index contributed by atoms with van der Waals surface area (Å²) in [4.78, 5) is 25.7. The number of amides is 1. The van der Waals surface area contributed by atoms with Crippen LogP contribution in [-0.4, -0.2) is 20.9 Å². The third-order valence-corrected chi connectivity index (χ3v) is 5.69. The predicted octanol–water partition coefficient (Wildman–Crippen LogP) is 5.37. The number of thiazole rings is 1. The summed E-state index contributed by atoms with van der Waals surface area (Å²) in [5.41, 5.74) is 4.15. The Labute approximate surface area is 195 Å². The van der Waals surface area contributed by atoms with Crippen LogP contribution in [0.2, 0.25) is 0 Å². The molecule has 2 heterocycles. The van der Waals surface area contributed by atoms with E-state index in [9.17, 15) is 10.1 Å². The Bertz CT molecular complexity index is 1330. The van der Waals surface area contributed by atoms with E-state index in [2.05, 4.69) is 26.3 Å². The highest BCUT2D eigenvalue weighted by Crippen LogP contribution is 2.32. The standard InChI is InChI=1S/C25H21N5O2S/c1-15-4-5-23(20(8-15)12-26)18-9-19(11-22(10-18)32-25-27-6-7-33-25)24(31)30-16(2)21-13-28-17(3)29-14-21/h4-11,13-14,16H,1-3H3,(H,30,31)/t16-/m1/s1. The number of carbonyl (C=O) groups is 1. The van der Waals surface area contributed by atoms with E-state index in [-0.39, 0.29) is 11.9 Å². The number of ether oxygens (including phenoxy) is 1. The van der Waals surface area contributed by atoms with Crippen LogP contribution in [0.25, 0.3) is 11.1 Å². The van der Waals surface area contributed by atoms with Gasteiger partial charge in [0.05, 0.1) is 17.7 Å². The number of nitrogens with zero attached hydrogens (tertiary/aromatic N) is 4. The van der Waals surface area contributed by atoms with Gasteiger partial charge in [0.15, 0.2) is 0 Å². The Morgan fingerprint density at radius 3 is 2.61 bits per heavy atom. The molecule has 2 aromatic heterocycles. The molecule has 4 aromatic rings. The van der Waals surface area contributed by atoms with E-state index in [1.807, 2.05) is 44.4 Å². The van der Waals surface area contributed by atoms with Gasteiger partial charge in [-0.3, -0.25) is 4.79 Å². The molecule has 1 atom stereocenters. The van der Waals surface area contributed by atoms with E-state index in [1.54, 1.807) is 36.8 Å². The molecule has 0 aliphatic heterocycles. The highest BCUT2D eigenvalue weighted by molar-refractivity contribution is 7.11. The molecule has 0 saturated heterocycles.